The molecule has 9 nitrogen and oxygen atoms in total. The Kier molecular flexibility index (Phi) is 38.8. The number of rotatable bonds is 38. The van der Waals surface area contributed by atoms with Gasteiger partial charge in [0.25, 0.3) is 0 Å². The van der Waals surface area contributed by atoms with Crippen molar-refractivity contribution in [2.45, 2.75) is 154 Å². The van der Waals surface area contributed by atoms with E-state index in [-0.39, 0.29) is 32.8 Å². The van der Waals surface area contributed by atoms with E-state index in [0.717, 1.165) is 38.5 Å². The minimum Gasteiger partial charge on any atom is -0.498 e. The third kappa shape index (κ3) is 40.7. The first-order chi connectivity index (χ1) is 26.8. The smallest absolute Gasteiger partial charge is 0.472 e. The van der Waals surface area contributed by atoms with Gasteiger partial charge in [0.1, 0.15) is 6.61 Å². The highest BCUT2D eigenvalue weighted by molar-refractivity contribution is 7.47. The van der Waals surface area contributed by atoms with Crippen molar-refractivity contribution < 1.29 is 37.9 Å². The van der Waals surface area contributed by atoms with Crippen LogP contribution in [0.25, 0.3) is 0 Å². The second kappa shape index (κ2) is 40.9. The average Bonchev–Trinajstić information content (AvgIpc) is 3.17. The molecule has 0 rings (SSSR count). The van der Waals surface area contributed by atoms with Crippen LogP contribution in [0.4, 0.5) is 0 Å². The maximum absolute atomic E-state index is 12.5. The van der Waals surface area contributed by atoms with Crippen LogP contribution in [-0.4, -0.2) is 54.5 Å². The molecule has 0 saturated carbocycles. The summed E-state index contributed by atoms with van der Waals surface area (Å²) in [7, 11) is -4.33. The molecule has 3 atom stereocenters. The van der Waals surface area contributed by atoms with Gasteiger partial charge >= 0.3 is 13.8 Å². The summed E-state index contributed by atoms with van der Waals surface area (Å²) in [5.74, 6) is -0.459. The molecule has 314 valence electrons. The zero-order chi connectivity index (χ0) is 40.3. The summed E-state index contributed by atoms with van der Waals surface area (Å²) in [6.45, 7) is 3.91. The molecule has 0 aliphatic rings. The minimum absolute atomic E-state index is 0.0215. The second-order valence-electron chi connectivity index (χ2n) is 13.4. The Hall–Kier alpha value is -2.78. The van der Waals surface area contributed by atoms with Crippen LogP contribution in [-0.2, 0) is 27.9 Å². The fourth-order valence-electron chi connectivity index (χ4n) is 5.07. The van der Waals surface area contributed by atoms with E-state index in [1.807, 2.05) is 48.6 Å². The Bertz CT molecular complexity index is 1170. The Balaban J connectivity index is 4.34. The molecule has 0 aromatic rings. The van der Waals surface area contributed by atoms with Gasteiger partial charge in [0.05, 0.1) is 25.6 Å². The number of carbonyl (C=O) groups is 1. The van der Waals surface area contributed by atoms with E-state index in [9.17, 15) is 19.4 Å². The number of unbranched alkanes of at least 4 members (excludes halogenated alkanes) is 11. The van der Waals surface area contributed by atoms with Crippen molar-refractivity contribution in [3.8, 4) is 0 Å². The maximum atomic E-state index is 12.5. The van der Waals surface area contributed by atoms with Crippen molar-refractivity contribution in [1.82, 2.24) is 0 Å². The molecule has 0 radical (unpaired) electrons. The fraction of sp³-hybridized carbons (Fsp3) is 0.622. The summed E-state index contributed by atoms with van der Waals surface area (Å²) < 4.78 is 33.0. The summed E-state index contributed by atoms with van der Waals surface area (Å²) in [5, 5.41) is 9.99. The summed E-state index contributed by atoms with van der Waals surface area (Å²) >= 11 is 0. The highest BCUT2D eigenvalue weighted by atomic mass is 31.2. The molecule has 0 bridgehead atoms. The number of nitrogens with two attached hydrogens (primary N) is 1. The van der Waals surface area contributed by atoms with E-state index < -0.39 is 26.0 Å². The van der Waals surface area contributed by atoms with Gasteiger partial charge in [-0.25, -0.2) is 4.57 Å². The quantitative estimate of drug-likeness (QED) is 0.0139. The number of carbonyl (C=O) groups excluding carboxylic acids is 1. The molecule has 55 heavy (non-hydrogen) atoms. The van der Waals surface area contributed by atoms with Gasteiger partial charge in [-0.2, -0.15) is 0 Å². The minimum atomic E-state index is -4.33. The lowest BCUT2D eigenvalue weighted by molar-refractivity contribution is -0.153. The summed E-state index contributed by atoms with van der Waals surface area (Å²) in [4.78, 5) is 22.4. The van der Waals surface area contributed by atoms with Crippen molar-refractivity contribution in [1.29, 1.82) is 0 Å². The topological polar surface area (TPSA) is 138 Å². The Morgan fingerprint density at radius 2 is 1.25 bits per heavy atom. The third-order valence-corrected chi connectivity index (χ3v) is 9.13. The van der Waals surface area contributed by atoms with Crippen LogP contribution in [0.3, 0.4) is 0 Å². The van der Waals surface area contributed by atoms with Crippen LogP contribution in [0.2, 0.25) is 0 Å². The summed E-state index contributed by atoms with van der Waals surface area (Å²) in [6.07, 6.45) is 51.3. The largest absolute Gasteiger partial charge is 0.498 e. The van der Waals surface area contributed by atoms with Crippen LogP contribution in [0.15, 0.2) is 97.4 Å². The molecule has 0 fully saturated rings. The van der Waals surface area contributed by atoms with Gasteiger partial charge in [-0.1, -0.05) is 144 Å². The van der Waals surface area contributed by atoms with E-state index in [1.54, 1.807) is 12.3 Å². The number of aliphatic hydroxyl groups excluding tert-OH is 1. The van der Waals surface area contributed by atoms with Gasteiger partial charge < -0.3 is 25.2 Å². The molecular formula is C45H76NO8P. The zero-order valence-corrected chi connectivity index (χ0v) is 35.1. The Morgan fingerprint density at radius 1 is 0.673 bits per heavy atom. The van der Waals surface area contributed by atoms with Crippen LogP contribution in [0.1, 0.15) is 142 Å². The SMILES string of the molecule is CC/C=C\C/C=C\CC(O)/C=C/C=C\C/C=C\C/C=C\CCC(=O)O[C@H](CO/C=C/CCCCCCCC/C=C\CCCCCC)COP(=O)(O)OCCN. The van der Waals surface area contributed by atoms with E-state index in [1.165, 1.54) is 70.6 Å². The highest BCUT2D eigenvalue weighted by Crippen LogP contribution is 2.43. The van der Waals surface area contributed by atoms with Gasteiger partial charge in [0.2, 0.25) is 0 Å². The Labute approximate surface area is 334 Å². The van der Waals surface area contributed by atoms with Crippen molar-refractivity contribution in [3.05, 3.63) is 97.4 Å². The van der Waals surface area contributed by atoms with Gasteiger partial charge in [0, 0.05) is 13.0 Å². The van der Waals surface area contributed by atoms with Gasteiger partial charge in [-0.15, -0.1) is 0 Å². The summed E-state index contributed by atoms with van der Waals surface area (Å²) in [5.41, 5.74) is 5.35. The lowest BCUT2D eigenvalue weighted by Gasteiger charge is -2.19. The highest BCUT2D eigenvalue weighted by Gasteiger charge is 2.25. The number of allylic oxidation sites excluding steroid dienone is 13. The molecule has 0 amide bonds. The fourth-order valence-corrected chi connectivity index (χ4v) is 5.83. The van der Waals surface area contributed by atoms with E-state index in [2.05, 4.69) is 50.3 Å². The molecule has 2 unspecified atom stereocenters. The van der Waals surface area contributed by atoms with Crippen LogP contribution in [0, 0.1) is 0 Å². The third-order valence-electron chi connectivity index (χ3n) is 8.14. The molecule has 0 aromatic carbocycles. The molecule has 10 heteroatoms. The van der Waals surface area contributed by atoms with Gasteiger partial charge in [-0.3, -0.25) is 13.8 Å². The number of phosphoric acid groups is 1. The predicted octanol–water partition coefficient (Wildman–Crippen LogP) is 11.6. The lowest BCUT2D eigenvalue weighted by Crippen LogP contribution is -2.27. The lowest BCUT2D eigenvalue weighted by atomic mass is 10.1. The number of hydrogen-bond donors (Lipinski definition) is 3. The van der Waals surface area contributed by atoms with E-state index in [4.69, 9.17) is 24.3 Å². The number of phosphoric ester groups is 1. The van der Waals surface area contributed by atoms with Crippen LogP contribution in [0.5, 0.6) is 0 Å². The normalized spacial score (nSPS) is 15.0. The van der Waals surface area contributed by atoms with Crippen LogP contribution < -0.4 is 5.73 Å². The van der Waals surface area contributed by atoms with Crippen molar-refractivity contribution in [2.24, 2.45) is 5.73 Å². The number of ether oxygens (including phenoxy) is 2. The monoisotopic (exact) mass is 790 g/mol. The number of hydrogen-bond acceptors (Lipinski definition) is 8. The van der Waals surface area contributed by atoms with Crippen molar-refractivity contribution in [2.75, 3.05) is 26.4 Å². The zero-order valence-electron chi connectivity index (χ0n) is 34.2. The molecule has 0 spiro atoms. The standard InChI is InChI=1S/C45H76NO8P/c1-3-5-7-9-11-12-13-14-15-16-17-20-23-26-30-34-39-51-41-44(42-53-55(49,50)52-40-38-46)54-45(48)37-33-29-25-22-19-18-21-24-28-32-36-43(47)35-31-27-10-8-6-4-2/h6,8,12-13,18-19,24-25,27-29,31-32,34,36,39,43-44,47H,3-5,7,9-11,14-17,20-23,26,30,33,35,37-38,40-42,46H2,1-2H3,(H,49,50)/b8-6-,13-12-,19-18-,28-24-,29-25-,31-27-,36-32+,39-34+/t43?,44-/m1/s1. The molecular weight excluding hydrogens is 713 g/mol. The molecule has 0 heterocycles. The molecule has 0 aliphatic heterocycles. The molecule has 0 aromatic heterocycles. The predicted molar refractivity (Wildman–Crippen MR) is 229 cm³/mol. The average molecular weight is 790 g/mol. The molecule has 0 aliphatic carbocycles. The Morgan fingerprint density at radius 3 is 1.93 bits per heavy atom. The van der Waals surface area contributed by atoms with Gasteiger partial charge in [0.15, 0.2) is 6.10 Å². The number of aliphatic hydroxyl groups is 1. The molecule has 4 N–H and O–H groups in total. The van der Waals surface area contributed by atoms with Crippen LogP contribution >= 0.6 is 7.82 Å². The van der Waals surface area contributed by atoms with Crippen molar-refractivity contribution in [3.63, 3.8) is 0 Å². The summed E-state index contributed by atoms with van der Waals surface area (Å²) in [6, 6.07) is 0. The van der Waals surface area contributed by atoms with Crippen molar-refractivity contribution >= 4 is 13.8 Å². The number of esters is 1. The first-order valence-corrected chi connectivity index (χ1v) is 22.4. The van der Waals surface area contributed by atoms with Gasteiger partial charge in [-0.05, 0) is 83.1 Å². The first-order valence-electron chi connectivity index (χ1n) is 20.9. The second-order valence-corrected chi connectivity index (χ2v) is 14.8. The van der Waals surface area contributed by atoms with E-state index in [0.29, 0.717) is 12.8 Å². The maximum Gasteiger partial charge on any atom is 0.472 e. The van der Waals surface area contributed by atoms with E-state index >= 15 is 0 Å². The molecule has 0 saturated heterocycles. The first kappa shape index (κ1) is 52.2.